The minimum Gasteiger partial charge on any atom is -0.399 e. The van der Waals surface area contributed by atoms with E-state index in [1.165, 1.54) is 0 Å². The second kappa shape index (κ2) is 3.33. The lowest BCUT2D eigenvalue weighted by Crippen LogP contribution is -2.28. The first-order valence-corrected chi connectivity index (χ1v) is 4.81. The van der Waals surface area contributed by atoms with Gasteiger partial charge in [0.15, 0.2) is 0 Å². The van der Waals surface area contributed by atoms with Gasteiger partial charge in [0.05, 0.1) is 0 Å². The van der Waals surface area contributed by atoms with Crippen LogP contribution in [0, 0.1) is 0 Å². The van der Waals surface area contributed by atoms with E-state index < -0.39 is 0 Å². The molecule has 1 saturated carbocycles. The summed E-state index contributed by atoms with van der Waals surface area (Å²) in [7, 11) is 1.86. The number of hydrogen-bond donors (Lipinski definition) is 1. The summed E-state index contributed by atoms with van der Waals surface area (Å²) in [6, 6.07) is 7.52. The monoisotopic (exact) mass is 190 g/mol. The zero-order chi connectivity index (χ0) is 10.1. The SMILES string of the molecule is CN(C(=O)c1ccc(N)cc1)C1CC1. The maximum Gasteiger partial charge on any atom is 0.253 e. The lowest BCUT2D eigenvalue weighted by atomic mass is 10.2. The fourth-order valence-electron chi connectivity index (χ4n) is 1.46. The lowest BCUT2D eigenvalue weighted by Gasteiger charge is -2.16. The number of nitrogens with zero attached hydrogens (tertiary/aromatic N) is 1. The van der Waals surface area contributed by atoms with Crippen LogP contribution in [-0.2, 0) is 0 Å². The van der Waals surface area contributed by atoms with Gasteiger partial charge < -0.3 is 10.6 Å². The quantitative estimate of drug-likeness (QED) is 0.718. The third kappa shape index (κ3) is 1.71. The predicted molar refractivity (Wildman–Crippen MR) is 56.0 cm³/mol. The van der Waals surface area contributed by atoms with Gasteiger partial charge in [0, 0.05) is 24.3 Å². The van der Waals surface area contributed by atoms with Gasteiger partial charge in [-0.2, -0.15) is 0 Å². The summed E-state index contributed by atoms with van der Waals surface area (Å²) < 4.78 is 0. The number of nitrogen functional groups attached to an aromatic ring is 1. The first-order chi connectivity index (χ1) is 6.68. The normalized spacial score (nSPS) is 15.2. The topological polar surface area (TPSA) is 46.3 Å². The third-order valence-electron chi connectivity index (χ3n) is 2.57. The van der Waals surface area contributed by atoms with Crippen molar-refractivity contribution in [3.63, 3.8) is 0 Å². The highest BCUT2D eigenvalue weighted by atomic mass is 16.2. The molecule has 0 saturated heterocycles. The molecule has 3 heteroatoms. The first-order valence-electron chi connectivity index (χ1n) is 4.81. The van der Waals surface area contributed by atoms with Crippen LogP contribution >= 0.6 is 0 Å². The molecule has 0 atom stereocenters. The predicted octanol–water partition coefficient (Wildman–Crippen LogP) is 1.50. The molecule has 1 aliphatic rings. The van der Waals surface area contributed by atoms with Crippen LogP contribution in [0.5, 0.6) is 0 Å². The second-order valence-electron chi connectivity index (χ2n) is 3.77. The maximum absolute atomic E-state index is 11.8. The number of hydrogen-bond acceptors (Lipinski definition) is 2. The van der Waals surface area contributed by atoms with Crippen molar-refractivity contribution in [3.8, 4) is 0 Å². The Hall–Kier alpha value is -1.51. The Morgan fingerprint density at radius 3 is 2.43 bits per heavy atom. The molecule has 1 fully saturated rings. The molecule has 1 aliphatic carbocycles. The van der Waals surface area contributed by atoms with Gasteiger partial charge >= 0.3 is 0 Å². The Morgan fingerprint density at radius 2 is 1.93 bits per heavy atom. The average molecular weight is 190 g/mol. The molecule has 0 radical (unpaired) electrons. The van der Waals surface area contributed by atoms with Crippen LogP contribution in [0.1, 0.15) is 23.2 Å². The van der Waals surface area contributed by atoms with Crippen molar-refractivity contribution >= 4 is 11.6 Å². The lowest BCUT2D eigenvalue weighted by molar-refractivity contribution is 0.0785. The molecule has 1 aromatic rings. The number of carbonyl (C=O) groups is 1. The molecule has 14 heavy (non-hydrogen) atoms. The molecule has 74 valence electrons. The summed E-state index contributed by atoms with van der Waals surface area (Å²) in [5, 5.41) is 0. The molecule has 2 rings (SSSR count). The molecule has 0 heterocycles. The largest absolute Gasteiger partial charge is 0.399 e. The average Bonchev–Trinajstić information content (AvgIpc) is 3.00. The third-order valence-corrected chi connectivity index (χ3v) is 2.57. The molecule has 0 aromatic heterocycles. The van der Waals surface area contributed by atoms with E-state index in [1.807, 2.05) is 11.9 Å². The molecule has 1 aromatic carbocycles. The number of nitrogens with two attached hydrogens (primary N) is 1. The highest BCUT2D eigenvalue weighted by Gasteiger charge is 2.29. The zero-order valence-corrected chi connectivity index (χ0v) is 8.23. The van der Waals surface area contributed by atoms with Crippen molar-refractivity contribution in [2.75, 3.05) is 12.8 Å². The molecule has 3 nitrogen and oxygen atoms in total. The number of benzene rings is 1. The summed E-state index contributed by atoms with van der Waals surface area (Å²) in [6.07, 6.45) is 2.27. The first kappa shape index (κ1) is 9.06. The molecule has 0 spiro atoms. The van der Waals surface area contributed by atoms with Gasteiger partial charge in [0.1, 0.15) is 0 Å². The molecule has 0 aliphatic heterocycles. The van der Waals surface area contributed by atoms with Crippen LogP contribution in [0.2, 0.25) is 0 Å². The van der Waals surface area contributed by atoms with E-state index in [0.717, 1.165) is 12.8 Å². The van der Waals surface area contributed by atoms with Gasteiger partial charge in [-0.15, -0.1) is 0 Å². The molecule has 0 bridgehead atoms. The Labute approximate surface area is 83.5 Å². The number of carbonyl (C=O) groups excluding carboxylic acids is 1. The highest BCUT2D eigenvalue weighted by molar-refractivity contribution is 5.94. The van der Waals surface area contributed by atoms with Crippen LogP contribution < -0.4 is 5.73 Å². The van der Waals surface area contributed by atoms with Gasteiger partial charge in [-0.1, -0.05) is 0 Å². The van der Waals surface area contributed by atoms with Gasteiger partial charge in [-0.25, -0.2) is 0 Å². The summed E-state index contributed by atoms with van der Waals surface area (Å²) in [5.74, 6) is 0.0903. The fourth-order valence-corrected chi connectivity index (χ4v) is 1.46. The molecule has 1 amide bonds. The van der Waals surface area contributed by atoms with E-state index in [4.69, 9.17) is 5.73 Å². The van der Waals surface area contributed by atoms with Crippen LogP contribution in [0.15, 0.2) is 24.3 Å². The fraction of sp³-hybridized carbons (Fsp3) is 0.364. The second-order valence-corrected chi connectivity index (χ2v) is 3.77. The Morgan fingerprint density at radius 1 is 1.36 bits per heavy atom. The Kier molecular flexibility index (Phi) is 2.15. The number of anilines is 1. The van der Waals surface area contributed by atoms with E-state index in [-0.39, 0.29) is 5.91 Å². The van der Waals surface area contributed by atoms with Crippen molar-refractivity contribution in [3.05, 3.63) is 29.8 Å². The van der Waals surface area contributed by atoms with Crippen molar-refractivity contribution in [1.29, 1.82) is 0 Å². The molecular weight excluding hydrogens is 176 g/mol. The van der Waals surface area contributed by atoms with Crippen molar-refractivity contribution in [2.45, 2.75) is 18.9 Å². The van der Waals surface area contributed by atoms with Crippen molar-refractivity contribution < 1.29 is 4.79 Å². The number of amides is 1. The van der Waals surface area contributed by atoms with Crippen LogP contribution in [0.25, 0.3) is 0 Å². The summed E-state index contributed by atoms with van der Waals surface area (Å²) >= 11 is 0. The Balaban J connectivity index is 2.13. The highest BCUT2D eigenvalue weighted by Crippen LogP contribution is 2.26. The summed E-state index contributed by atoms with van der Waals surface area (Å²) in [5.41, 5.74) is 6.96. The van der Waals surface area contributed by atoms with Crippen LogP contribution in [0.3, 0.4) is 0 Å². The zero-order valence-electron chi connectivity index (χ0n) is 8.23. The standard InChI is InChI=1S/C11H14N2O/c1-13(10-6-7-10)11(14)8-2-4-9(12)5-3-8/h2-5,10H,6-7,12H2,1H3. The van der Waals surface area contributed by atoms with E-state index >= 15 is 0 Å². The summed E-state index contributed by atoms with van der Waals surface area (Å²) in [6.45, 7) is 0. The minimum absolute atomic E-state index is 0.0903. The van der Waals surface area contributed by atoms with Gasteiger partial charge in [-0.05, 0) is 37.1 Å². The van der Waals surface area contributed by atoms with E-state index in [2.05, 4.69) is 0 Å². The molecule has 0 unspecified atom stereocenters. The van der Waals surface area contributed by atoms with E-state index in [0.29, 0.717) is 17.3 Å². The van der Waals surface area contributed by atoms with E-state index in [9.17, 15) is 4.79 Å². The van der Waals surface area contributed by atoms with Gasteiger partial charge in [-0.3, -0.25) is 4.79 Å². The van der Waals surface area contributed by atoms with E-state index in [1.54, 1.807) is 24.3 Å². The maximum atomic E-state index is 11.8. The number of rotatable bonds is 2. The smallest absolute Gasteiger partial charge is 0.253 e. The van der Waals surface area contributed by atoms with Crippen LogP contribution in [-0.4, -0.2) is 23.9 Å². The Bertz CT molecular complexity index is 341. The van der Waals surface area contributed by atoms with Gasteiger partial charge in [0.25, 0.3) is 5.91 Å². The van der Waals surface area contributed by atoms with Crippen LogP contribution in [0.4, 0.5) is 5.69 Å². The van der Waals surface area contributed by atoms with Crippen molar-refractivity contribution in [1.82, 2.24) is 4.90 Å². The summed E-state index contributed by atoms with van der Waals surface area (Å²) in [4.78, 5) is 13.6. The molecule has 2 N–H and O–H groups in total. The van der Waals surface area contributed by atoms with Crippen molar-refractivity contribution in [2.24, 2.45) is 0 Å². The molecular formula is C11H14N2O. The van der Waals surface area contributed by atoms with Gasteiger partial charge in [0.2, 0.25) is 0 Å². The minimum atomic E-state index is 0.0903.